The molecule has 74 valence electrons. The lowest BCUT2D eigenvalue weighted by molar-refractivity contribution is -0.128. The number of nitrogens with one attached hydrogen (secondary N) is 2. The molecule has 0 fully saturated rings. The maximum absolute atomic E-state index is 11.2. The van der Waals surface area contributed by atoms with Crippen molar-refractivity contribution in [1.29, 1.82) is 0 Å². The lowest BCUT2D eigenvalue weighted by Crippen LogP contribution is -2.47. The summed E-state index contributed by atoms with van der Waals surface area (Å²) < 4.78 is 0. The van der Waals surface area contributed by atoms with Crippen LogP contribution in [0.4, 0.5) is 0 Å². The van der Waals surface area contributed by atoms with Gasteiger partial charge in [0.05, 0.1) is 6.04 Å². The Kier molecular flexibility index (Phi) is 4.72. The Labute approximate surface area is 76.9 Å². The van der Waals surface area contributed by atoms with E-state index in [2.05, 4.69) is 10.6 Å². The number of aldehydes is 1. The summed E-state index contributed by atoms with van der Waals surface area (Å²) in [6.07, 6.45) is 0.623. The van der Waals surface area contributed by atoms with E-state index in [0.29, 0.717) is 6.29 Å². The molecule has 0 aromatic heterocycles. The van der Waals surface area contributed by atoms with Crippen LogP contribution >= 0.6 is 0 Å². The molecule has 0 bridgehead atoms. The first-order valence-electron chi connectivity index (χ1n) is 4.00. The minimum atomic E-state index is -0.611. The Morgan fingerprint density at radius 2 is 1.77 bits per heavy atom. The summed E-state index contributed by atoms with van der Waals surface area (Å²) in [7, 11) is 0. The highest BCUT2D eigenvalue weighted by Gasteiger charge is 2.14. The monoisotopic (exact) mass is 186 g/mol. The molecule has 2 amide bonds. The highest BCUT2D eigenvalue weighted by molar-refractivity contribution is 5.87. The smallest absolute Gasteiger partial charge is 0.242 e. The molecule has 2 atom stereocenters. The molecule has 0 aromatic rings. The number of amides is 2. The second-order valence-corrected chi connectivity index (χ2v) is 2.86. The zero-order valence-electron chi connectivity index (χ0n) is 7.96. The number of hydrogen-bond acceptors (Lipinski definition) is 3. The molecule has 0 spiro atoms. The third-order valence-electron chi connectivity index (χ3n) is 1.39. The van der Waals surface area contributed by atoms with E-state index < -0.39 is 12.1 Å². The molecule has 2 N–H and O–H groups in total. The number of carbonyl (C=O) groups excluding carboxylic acids is 3. The van der Waals surface area contributed by atoms with Crippen LogP contribution in [0.5, 0.6) is 0 Å². The fourth-order valence-electron chi connectivity index (χ4n) is 0.754. The van der Waals surface area contributed by atoms with Gasteiger partial charge < -0.3 is 15.4 Å². The minimum absolute atomic E-state index is 0.276. The number of hydrogen-bond donors (Lipinski definition) is 2. The van der Waals surface area contributed by atoms with Gasteiger partial charge in [0.2, 0.25) is 11.8 Å². The van der Waals surface area contributed by atoms with Crippen LogP contribution in [-0.2, 0) is 14.4 Å². The topological polar surface area (TPSA) is 75.3 Å². The zero-order chi connectivity index (χ0) is 10.4. The quantitative estimate of drug-likeness (QED) is 0.565. The van der Waals surface area contributed by atoms with Gasteiger partial charge in [0, 0.05) is 6.92 Å². The summed E-state index contributed by atoms with van der Waals surface area (Å²) in [5, 5.41) is 4.82. The highest BCUT2D eigenvalue weighted by Crippen LogP contribution is 1.84. The fraction of sp³-hybridized carbons (Fsp3) is 0.625. The van der Waals surface area contributed by atoms with E-state index in [-0.39, 0.29) is 11.8 Å². The number of rotatable bonds is 4. The van der Waals surface area contributed by atoms with Gasteiger partial charge in [0.25, 0.3) is 0 Å². The van der Waals surface area contributed by atoms with Crippen LogP contribution < -0.4 is 10.6 Å². The molecule has 0 saturated heterocycles. The van der Waals surface area contributed by atoms with Crippen molar-refractivity contribution < 1.29 is 14.4 Å². The SMILES string of the molecule is CC(=O)N[C@@H](C)C(=O)N[C@@H](C)C=O. The first-order valence-corrected chi connectivity index (χ1v) is 4.00. The lowest BCUT2D eigenvalue weighted by atomic mass is 10.3. The van der Waals surface area contributed by atoms with Gasteiger partial charge in [-0.05, 0) is 13.8 Å². The largest absolute Gasteiger partial charge is 0.345 e. The Morgan fingerprint density at radius 1 is 1.23 bits per heavy atom. The van der Waals surface area contributed by atoms with Gasteiger partial charge in [0.1, 0.15) is 12.3 Å². The van der Waals surface area contributed by atoms with Gasteiger partial charge in [-0.1, -0.05) is 0 Å². The molecule has 0 radical (unpaired) electrons. The van der Waals surface area contributed by atoms with Gasteiger partial charge >= 0.3 is 0 Å². The summed E-state index contributed by atoms with van der Waals surface area (Å²) in [4.78, 5) is 31.9. The molecule has 5 heteroatoms. The standard InChI is InChI=1S/C8H14N2O3/c1-5(4-11)9-8(13)6(2)10-7(3)12/h4-6H,1-3H3,(H,9,13)(H,10,12)/t5-,6-/m0/s1. The molecule has 0 aliphatic rings. The first-order chi connectivity index (χ1) is 5.97. The van der Waals surface area contributed by atoms with Crippen LogP contribution in [-0.4, -0.2) is 30.2 Å². The van der Waals surface area contributed by atoms with E-state index in [9.17, 15) is 14.4 Å². The van der Waals surface area contributed by atoms with E-state index >= 15 is 0 Å². The lowest BCUT2D eigenvalue weighted by Gasteiger charge is -2.13. The van der Waals surface area contributed by atoms with Gasteiger partial charge in [-0.25, -0.2) is 0 Å². The molecule has 0 aliphatic heterocycles. The van der Waals surface area contributed by atoms with Gasteiger partial charge in [-0.15, -0.1) is 0 Å². The molecule has 0 saturated carbocycles. The average molecular weight is 186 g/mol. The average Bonchev–Trinajstić information content (AvgIpc) is 2.02. The molecule has 13 heavy (non-hydrogen) atoms. The maximum atomic E-state index is 11.2. The highest BCUT2D eigenvalue weighted by atomic mass is 16.2. The van der Waals surface area contributed by atoms with Gasteiger partial charge in [-0.2, -0.15) is 0 Å². The van der Waals surface area contributed by atoms with Crippen molar-refractivity contribution in [2.24, 2.45) is 0 Å². The van der Waals surface area contributed by atoms with Crippen LogP contribution in [0.2, 0.25) is 0 Å². The first kappa shape index (κ1) is 11.6. The summed E-state index contributed by atoms with van der Waals surface area (Å²) in [6, 6.07) is -1.14. The van der Waals surface area contributed by atoms with E-state index in [4.69, 9.17) is 0 Å². The van der Waals surface area contributed by atoms with E-state index in [1.54, 1.807) is 13.8 Å². The van der Waals surface area contributed by atoms with Crippen molar-refractivity contribution in [3.05, 3.63) is 0 Å². The Hall–Kier alpha value is -1.39. The zero-order valence-corrected chi connectivity index (χ0v) is 7.96. The van der Waals surface area contributed by atoms with Crippen LogP contribution in [0.15, 0.2) is 0 Å². The van der Waals surface area contributed by atoms with Crippen molar-refractivity contribution in [2.45, 2.75) is 32.9 Å². The Balaban J connectivity index is 3.95. The second-order valence-electron chi connectivity index (χ2n) is 2.86. The Bertz CT molecular complexity index is 215. The van der Waals surface area contributed by atoms with Gasteiger partial charge in [0.15, 0.2) is 0 Å². The summed E-state index contributed by atoms with van der Waals surface area (Å²) in [6.45, 7) is 4.44. The number of carbonyl (C=O) groups is 3. The van der Waals surface area contributed by atoms with Crippen molar-refractivity contribution in [3.8, 4) is 0 Å². The van der Waals surface area contributed by atoms with Crippen LogP contribution in [0.25, 0.3) is 0 Å². The van der Waals surface area contributed by atoms with E-state index in [1.807, 2.05) is 0 Å². The molecular weight excluding hydrogens is 172 g/mol. The summed E-state index contributed by atoms with van der Waals surface area (Å²) in [5.41, 5.74) is 0. The van der Waals surface area contributed by atoms with Crippen LogP contribution in [0.3, 0.4) is 0 Å². The van der Waals surface area contributed by atoms with Crippen molar-refractivity contribution in [2.75, 3.05) is 0 Å². The summed E-state index contributed by atoms with van der Waals surface area (Å²) in [5.74, 6) is -0.642. The van der Waals surface area contributed by atoms with E-state index in [0.717, 1.165) is 0 Å². The molecule has 0 aromatic carbocycles. The normalized spacial score (nSPS) is 14.1. The third kappa shape index (κ3) is 4.95. The van der Waals surface area contributed by atoms with E-state index in [1.165, 1.54) is 6.92 Å². The minimum Gasteiger partial charge on any atom is -0.345 e. The molecule has 0 unspecified atom stereocenters. The summed E-state index contributed by atoms with van der Waals surface area (Å²) >= 11 is 0. The fourth-order valence-corrected chi connectivity index (χ4v) is 0.754. The predicted molar refractivity (Wildman–Crippen MR) is 46.9 cm³/mol. The molecular formula is C8H14N2O3. The molecule has 5 nitrogen and oxygen atoms in total. The molecule has 0 heterocycles. The predicted octanol–water partition coefficient (Wildman–Crippen LogP) is -0.785. The second kappa shape index (κ2) is 5.29. The van der Waals surface area contributed by atoms with Crippen LogP contribution in [0, 0.1) is 0 Å². The maximum Gasteiger partial charge on any atom is 0.242 e. The Morgan fingerprint density at radius 3 is 2.15 bits per heavy atom. The van der Waals surface area contributed by atoms with Crippen molar-refractivity contribution >= 4 is 18.1 Å². The van der Waals surface area contributed by atoms with Crippen molar-refractivity contribution in [3.63, 3.8) is 0 Å². The van der Waals surface area contributed by atoms with Crippen LogP contribution in [0.1, 0.15) is 20.8 Å². The van der Waals surface area contributed by atoms with Crippen molar-refractivity contribution in [1.82, 2.24) is 10.6 Å². The molecule has 0 rings (SSSR count). The third-order valence-corrected chi connectivity index (χ3v) is 1.39. The molecule has 0 aliphatic carbocycles. The van der Waals surface area contributed by atoms with Gasteiger partial charge in [-0.3, -0.25) is 9.59 Å².